The molecule has 0 fully saturated rings. The number of nitrogens with one attached hydrogen (secondary N) is 6. The van der Waals surface area contributed by atoms with E-state index in [9.17, 15) is 33.6 Å². The molecule has 0 aliphatic rings. The Morgan fingerprint density at radius 1 is 0.615 bits per heavy atom. The molecule has 6 atom stereocenters. The van der Waals surface area contributed by atoms with E-state index in [1.165, 1.54) is 34.6 Å². The number of hydrogen-bond acceptors (Lipinski definition) is 9. The summed E-state index contributed by atoms with van der Waals surface area (Å²) in [7, 11) is 0. The summed E-state index contributed by atoms with van der Waals surface area (Å²) in [5, 5.41) is 14.7. The highest BCUT2D eigenvalue weighted by Crippen LogP contribution is 2.02. The predicted octanol–water partition coefficient (Wildman–Crippen LogP) is -3.46. The maximum Gasteiger partial charge on any atom is 0.243 e. The lowest BCUT2D eigenvalue weighted by molar-refractivity contribution is -0.134. The minimum atomic E-state index is -1.08. The van der Waals surface area contributed by atoms with Gasteiger partial charge in [-0.05, 0) is 53.5 Å². The molecule has 0 heterocycles. The number of carbonyl (C=O) groups is 7. The van der Waals surface area contributed by atoms with Crippen molar-refractivity contribution in [1.29, 1.82) is 0 Å². The van der Waals surface area contributed by atoms with Crippen LogP contribution in [0.1, 0.15) is 53.9 Å². The highest BCUT2D eigenvalue weighted by molar-refractivity contribution is 7.80. The molecule has 10 N–H and O–H groups in total. The maximum atomic E-state index is 12.6. The third-order valence-electron chi connectivity index (χ3n) is 5.49. The van der Waals surface area contributed by atoms with Crippen molar-refractivity contribution in [3.05, 3.63) is 0 Å². The van der Waals surface area contributed by atoms with Gasteiger partial charge in [0.15, 0.2) is 0 Å². The smallest absolute Gasteiger partial charge is 0.243 e. The van der Waals surface area contributed by atoms with Crippen LogP contribution in [0.25, 0.3) is 0 Å². The molecular formula is C23H42N8O7S. The van der Waals surface area contributed by atoms with Gasteiger partial charge in [-0.1, -0.05) is 0 Å². The van der Waals surface area contributed by atoms with Crippen LogP contribution in [0.4, 0.5) is 0 Å². The molecule has 0 aromatic carbocycles. The summed E-state index contributed by atoms with van der Waals surface area (Å²) in [6.07, 6.45) is 1.61. The Hall–Kier alpha value is -3.40. The Kier molecular flexibility index (Phi) is 16.4. The Labute approximate surface area is 233 Å². The third-order valence-corrected chi connectivity index (χ3v) is 5.86. The van der Waals surface area contributed by atoms with Crippen molar-refractivity contribution in [3.63, 3.8) is 0 Å². The first-order valence-corrected chi connectivity index (χ1v) is 13.2. The van der Waals surface area contributed by atoms with E-state index in [2.05, 4.69) is 44.5 Å². The molecular weight excluding hydrogens is 532 g/mol. The van der Waals surface area contributed by atoms with E-state index in [0.717, 1.165) is 0 Å². The van der Waals surface area contributed by atoms with Gasteiger partial charge in [0.05, 0.1) is 0 Å². The van der Waals surface area contributed by atoms with E-state index >= 15 is 0 Å². The second-order valence-corrected chi connectivity index (χ2v) is 9.47. The second kappa shape index (κ2) is 18.0. The Bertz CT molecular complexity index is 904. The van der Waals surface area contributed by atoms with Crippen LogP contribution in [-0.2, 0) is 33.6 Å². The number of unbranched alkanes of at least 4 members (excludes halogenated alkanes) is 1. The zero-order valence-electron chi connectivity index (χ0n) is 23.0. The molecule has 0 radical (unpaired) electrons. The topological polar surface area (TPSA) is 244 Å². The van der Waals surface area contributed by atoms with Crippen LogP contribution < -0.4 is 43.4 Å². The van der Waals surface area contributed by atoms with Gasteiger partial charge in [0.1, 0.15) is 36.3 Å². The average molecular weight is 575 g/mol. The van der Waals surface area contributed by atoms with Crippen molar-refractivity contribution >= 4 is 54.0 Å². The fourth-order valence-corrected chi connectivity index (χ4v) is 3.37. The summed E-state index contributed by atoms with van der Waals surface area (Å²) in [6.45, 7) is 7.28. The lowest BCUT2D eigenvalue weighted by Crippen LogP contribution is -2.57. The highest BCUT2D eigenvalue weighted by Gasteiger charge is 2.28. The molecule has 0 rings (SSSR count). The summed E-state index contributed by atoms with van der Waals surface area (Å²) >= 11 is 3.93. The Balaban J connectivity index is 4.84. The fraction of sp³-hybridized carbons (Fsp3) is 0.696. The minimum Gasteiger partial charge on any atom is -0.368 e. The molecule has 222 valence electrons. The van der Waals surface area contributed by atoms with Crippen LogP contribution in [0.15, 0.2) is 0 Å². The predicted molar refractivity (Wildman–Crippen MR) is 146 cm³/mol. The zero-order chi connectivity index (χ0) is 30.3. The molecule has 0 aliphatic heterocycles. The summed E-state index contributed by atoms with van der Waals surface area (Å²) in [6, 6.07) is -6.07. The molecule has 7 amide bonds. The van der Waals surface area contributed by atoms with E-state index < -0.39 is 77.6 Å². The van der Waals surface area contributed by atoms with Crippen LogP contribution >= 0.6 is 12.6 Å². The standard InChI is InChI=1S/C23H42N8O7S/c1-11(27-21(36)13(3)29-23(38)16(30-15(5)32)8-6-7-9-24)19(34)26-12(2)20(35)28-14(4)22(37)31-17(10-39)18(25)33/h11-14,16-17,39H,6-10,24H2,1-5H3,(H2,25,33)(H,26,34)(H,27,36)(H,28,35)(H,29,38)(H,30,32)(H,31,37)/t11-,12-,13-,14-,16-,17-/m0/s1. The number of carbonyl (C=O) groups excluding carboxylic acids is 7. The maximum absolute atomic E-state index is 12.6. The van der Waals surface area contributed by atoms with Crippen LogP contribution in [0, 0.1) is 0 Å². The van der Waals surface area contributed by atoms with Crippen molar-refractivity contribution in [2.45, 2.75) is 90.1 Å². The summed E-state index contributed by atoms with van der Waals surface area (Å²) in [4.78, 5) is 84.8. The molecule has 0 saturated carbocycles. The Morgan fingerprint density at radius 2 is 1.00 bits per heavy atom. The van der Waals surface area contributed by atoms with E-state index in [1.807, 2.05) is 0 Å². The largest absolute Gasteiger partial charge is 0.368 e. The molecule has 39 heavy (non-hydrogen) atoms. The Morgan fingerprint density at radius 3 is 1.33 bits per heavy atom. The SMILES string of the molecule is CC(=O)N[C@@H](CCCCN)C(=O)N[C@@H](C)C(=O)N[C@@H](C)C(=O)N[C@@H](C)C(=O)N[C@@H](C)C(=O)N[C@@H](CS)C(N)=O. The number of primary amides is 1. The minimum absolute atomic E-state index is 0.0230. The number of rotatable bonds is 17. The highest BCUT2D eigenvalue weighted by atomic mass is 32.1. The average Bonchev–Trinajstić information content (AvgIpc) is 2.85. The molecule has 0 aromatic heterocycles. The number of hydrogen-bond donors (Lipinski definition) is 9. The van der Waals surface area contributed by atoms with Gasteiger partial charge in [-0.15, -0.1) is 0 Å². The number of thiol groups is 1. The molecule has 15 nitrogen and oxygen atoms in total. The molecule has 0 unspecified atom stereocenters. The molecule has 0 aromatic rings. The van der Waals surface area contributed by atoms with Crippen LogP contribution in [-0.4, -0.2) is 89.9 Å². The van der Waals surface area contributed by atoms with E-state index in [-0.39, 0.29) is 5.75 Å². The van der Waals surface area contributed by atoms with Gasteiger partial charge in [-0.2, -0.15) is 12.6 Å². The first-order chi connectivity index (χ1) is 18.1. The fourth-order valence-electron chi connectivity index (χ4n) is 3.10. The van der Waals surface area contributed by atoms with Gasteiger partial charge in [-0.25, -0.2) is 0 Å². The van der Waals surface area contributed by atoms with Crippen molar-refractivity contribution in [1.82, 2.24) is 31.9 Å². The zero-order valence-corrected chi connectivity index (χ0v) is 23.9. The quantitative estimate of drug-likeness (QED) is 0.0623. The van der Waals surface area contributed by atoms with E-state index in [0.29, 0.717) is 25.8 Å². The monoisotopic (exact) mass is 574 g/mol. The van der Waals surface area contributed by atoms with Gasteiger partial charge in [-0.3, -0.25) is 33.6 Å². The molecule has 0 aliphatic carbocycles. The lowest BCUT2D eigenvalue weighted by Gasteiger charge is -2.23. The number of amides is 7. The van der Waals surface area contributed by atoms with Gasteiger partial charge in [0, 0.05) is 12.7 Å². The first kappa shape index (κ1) is 35.6. The van der Waals surface area contributed by atoms with Gasteiger partial charge in [0.2, 0.25) is 41.4 Å². The van der Waals surface area contributed by atoms with Crippen molar-refractivity contribution in [2.75, 3.05) is 12.3 Å². The van der Waals surface area contributed by atoms with Crippen LogP contribution in [0.2, 0.25) is 0 Å². The first-order valence-electron chi connectivity index (χ1n) is 12.5. The van der Waals surface area contributed by atoms with E-state index in [4.69, 9.17) is 11.5 Å². The van der Waals surface area contributed by atoms with Crippen molar-refractivity contribution in [3.8, 4) is 0 Å². The van der Waals surface area contributed by atoms with Crippen LogP contribution in [0.3, 0.4) is 0 Å². The molecule has 0 bridgehead atoms. The number of nitrogens with two attached hydrogens (primary N) is 2. The second-order valence-electron chi connectivity index (χ2n) is 9.10. The normalized spacial score (nSPS) is 15.3. The summed E-state index contributed by atoms with van der Waals surface area (Å²) in [5.74, 6) is -4.47. The summed E-state index contributed by atoms with van der Waals surface area (Å²) < 4.78 is 0. The van der Waals surface area contributed by atoms with Gasteiger partial charge in [0.25, 0.3) is 0 Å². The summed E-state index contributed by atoms with van der Waals surface area (Å²) in [5.41, 5.74) is 10.6. The third kappa shape index (κ3) is 13.8. The van der Waals surface area contributed by atoms with Gasteiger partial charge >= 0.3 is 0 Å². The van der Waals surface area contributed by atoms with Crippen LogP contribution in [0.5, 0.6) is 0 Å². The lowest BCUT2D eigenvalue weighted by atomic mass is 10.1. The van der Waals surface area contributed by atoms with Crippen molar-refractivity contribution < 1.29 is 33.6 Å². The molecule has 0 spiro atoms. The van der Waals surface area contributed by atoms with Crippen molar-refractivity contribution in [2.24, 2.45) is 11.5 Å². The molecule has 0 saturated heterocycles. The van der Waals surface area contributed by atoms with E-state index in [1.54, 1.807) is 0 Å². The van der Waals surface area contributed by atoms with Gasteiger partial charge < -0.3 is 43.4 Å². The molecule has 16 heteroatoms.